The van der Waals surface area contributed by atoms with E-state index in [4.69, 9.17) is 10.5 Å². The first kappa shape index (κ1) is 19.4. The Morgan fingerprint density at radius 2 is 2.04 bits per heavy atom. The van der Waals surface area contributed by atoms with Gasteiger partial charge >= 0.3 is 0 Å². The van der Waals surface area contributed by atoms with Crippen LogP contribution < -0.4 is 11.1 Å². The smallest absolute Gasteiger partial charge is 0.242 e. The van der Waals surface area contributed by atoms with Gasteiger partial charge in [0.25, 0.3) is 0 Å². The van der Waals surface area contributed by atoms with Gasteiger partial charge in [-0.05, 0) is 18.4 Å². The summed E-state index contributed by atoms with van der Waals surface area (Å²) in [7, 11) is 0. The predicted molar refractivity (Wildman–Crippen MR) is 90.4 cm³/mol. The first-order chi connectivity index (χ1) is 10.7. The van der Waals surface area contributed by atoms with Crippen molar-refractivity contribution in [3.05, 3.63) is 35.9 Å². The molecule has 1 aliphatic rings. The van der Waals surface area contributed by atoms with Gasteiger partial charge in [0.15, 0.2) is 0 Å². The zero-order valence-electron chi connectivity index (χ0n) is 13.1. The summed E-state index contributed by atoms with van der Waals surface area (Å²) in [6, 6.07) is 10.1. The van der Waals surface area contributed by atoms with Crippen molar-refractivity contribution in [1.82, 2.24) is 10.2 Å². The largest absolute Gasteiger partial charge is 0.379 e. The minimum absolute atomic E-state index is 0. The summed E-state index contributed by atoms with van der Waals surface area (Å²) in [5.41, 5.74) is 6.42. The number of hydrogen-bond donors (Lipinski definition) is 2. The minimum Gasteiger partial charge on any atom is -0.379 e. The maximum atomic E-state index is 12.4. The van der Waals surface area contributed by atoms with E-state index in [2.05, 4.69) is 5.32 Å². The van der Waals surface area contributed by atoms with Crippen molar-refractivity contribution in [2.45, 2.75) is 18.9 Å². The average molecular weight is 342 g/mol. The number of nitrogens with one attached hydrogen (secondary N) is 1. The van der Waals surface area contributed by atoms with Crippen molar-refractivity contribution in [2.75, 3.05) is 32.8 Å². The van der Waals surface area contributed by atoms with Crippen molar-refractivity contribution < 1.29 is 14.3 Å². The van der Waals surface area contributed by atoms with Crippen LogP contribution in [0.4, 0.5) is 0 Å². The molecule has 3 N–H and O–H groups in total. The molecule has 6 nitrogen and oxygen atoms in total. The molecule has 0 aliphatic carbocycles. The topological polar surface area (TPSA) is 84.7 Å². The van der Waals surface area contributed by atoms with E-state index in [0.29, 0.717) is 19.8 Å². The molecule has 0 radical (unpaired) electrons. The molecule has 1 aliphatic heterocycles. The van der Waals surface area contributed by atoms with Gasteiger partial charge < -0.3 is 20.7 Å². The molecule has 2 amide bonds. The number of rotatable bonds is 7. The highest BCUT2D eigenvalue weighted by molar-refractivity contribution is 5.86. The van der Waals surface area contributed by atoms with Crippen LogP contribution in [-0.4, -0.2) is 55.6 Å². The lowest BCUT2D eigenvalue weighted by molar-refractivity contribution is -0.134. The number of halogens is 1. The lowest BCUT2D eigenvalue weighted by Gasteiger charge is -2.28. The standard InChI is InChI=1S/C16H23N3O3.ClH/c17-10-15(20)18-11-16(21)19(14-7-9-22-12-14)8-6-13-4-2-1-3-5-13;/h1-5,14H,6-12,17H2,(H,18,20);1H. The second kappa shape index (κ2) is 10.2. The Morgan fingerprint density at radius 3 is 2.65 bits per heavy atom. The third kappa shape index (κ3) is 6.17. The van der Waals surface area contributed by atoms with Crippen LogP contribution in [0.5, 0.6) is 0 Å². The number of amides is 2. The van der Waals surface area contributed by atoms with Crippen molar-refractivity contribution >= 4 is 24.2 Å². The second-order valence-electron chi connectivity index (χ2n) is 5.32. The molecule has 1 fully saturated rings. The molecule has 2 rings (SSSR count). The molecule has 0 aromatic heterocycles. The Kier molecular flexibility index (Phi) is 8.61. The Hall–Kier alpha value is -1.63. The molecule has 0 spiro atoms. The van der Waals surface area contributed by atoms with E-state index in [9.17, 15) is 9.59 Å². The van der Waals surface area contributed by atoms with E-state index >= 15 is 0 Å². The lowest BCUT2D eigenvalue weighted by atomic mass is 10.1. The van der Waals surface area contributed by atoms with Gasteiger partial charge in [0, 0.05) is 13.2 Å². The zero-order chi connectivity index (χ0) is 15.8. The average Bonchev–Trinajstić information content (AvgIpc) is 3.08. The molecule has 128 valence electrons. The molecular weight excluding hydrogens is 318 g/mol. The number of hydrogen-bond acceptors (Lipinski definition) is 4. The monoisotopic (exact) mass is 341 g/mol. The maximum Gasteiger partial charge on any atom is 0.242 e. The highest BCUT2D eigenvalue weighted by atomic mass is 35.5. The van der Waals surface area contributed by atoms with Gasteiger partial charge in [0.05, 0.1) is 25.7 Å². The first-order valence-electron chi connectivity index (χ1n) is 7.58. The van der Waals surface area contributed by atoms with Crippen molar-refractivity contribution in [1.29, 1.82) is 0 Å². The van der Waals surface area contributed by atoms with Gasteiger partial charge in [-0.15, -0.1) is 12.4 Å². The van der Waals surface area contributed by atoms with E-state index < -0.39 is 0 Å². The summed E-state index contributed by atoms with van der Waals surface area (Å²) < 4.78 is 5.39. The second-order valence-corrected chi connectivity index (χ2v) is 5.32. The van der Waals surface area contributed by atoms with Crippen LogP contribution in [0.3, 0.4) is 0 Å². The first-order valence-corrected chi connectivity index (χ1v) is 7.58. The molecule has 0 saturated carbocycles. The van der Waals surface area contributed by atoms with Gasteiger partial charge in [0.2, 0.25) is 11.8 Å². The summed E-state index contributed by atoms with van der Waals surface area (Å²) in [6.45, 7) is 1.74. The highest BCUT2D eigenvalue weighted by Crippen LogP contribution is 2.14. The quantitative estimate of drug-likeness (QED) is 0.749. The molecule has 0 bridgehead atoms. The van der Waals surface area contributed by atoms with Crippen LogP contribution in [0.2, 0.25) is 0 Å². The fourth-order valence-electron chi connectivity index (χ4n) is 2.52. The van der Waals surface area contributed by atoms with E-state index in [0.717, 1.165) is 12.8 Å². The Balaban J connectivity index is 0.00000264. The number of nitrogens with zero attached hydrogens (tertiary/aromatic N) is 1. The molecule has 1 heterocycles. The van der Waals surface area contributed by atoms with Crippen molar-refractivity contribution in [3.8, 4) is 0 Å². The van der Waals surface area contributed by atoms with Crippen LogP contribution in [0, 0.1) is 0 Å². The minimum atomic E-state index is -0.320. The Morgan fingerprint density at radius 1 is 1.30 bits per heavy atom. The summed E-state index contributed by atoms with van der Waals surface area (Å²) in [4.78, 5) is 25.4. The maximum absolute atomic E-state index is 12.4. The lowest BCUT2D eigenvalue weighted by Crippen LogP contribution is -2.47. The molecule has 1 atom stereocenters. The van der Waals surface area contributed by atoms with Gasteiger partial charge in [-0.1, -0.05) is 30.3 Å². The molecule has 1 saturated heterocycles. The number of carbonyl (C=O) groups is 2. The third-order valence-corrected chi connectivity index (χ3v) is 3.77. The van der Waals surface area contributed by atoms with E-state index in [1.165, 1.54) is 5.56 Å². The van der Waals surface area contributed by atoms with Crippen LogP contribution in [-0.2, 0) is 20.7 Å². The summed E-state index contributed by atoms with van der Waals surface area (Å²) in [5.74, 6) is -0.410. The fraction of sp³-hybridized carbons (Fsp3) is 0.500. The van der Waals surface area contributed by atoms with Crippen LogP contribution >= 0.6 is 12.4 Å². The molecule has 1 unspecified atom stereocenters. The van der Waals surface area contributed by atoms with Crippen LogP contribution in [0.25, 0.3) is 0 Å². The zero-order valence-corrected chi connectivity index (χ0v) is 13.9. The SMILES string of the molecule is Cl.NCC(=O)NCC(=O)N(CCc1ccccc1)C1CCOC1. The number of ether oxygens (including phenoxy) is 1. The summed E-state index contributed by atoms with van der Waals surface area (Å²) in [6.07, 6.45) is 1.62. The number of benzene rings is 1. The van der Waals surface area contributed by atoms with Crippen LogP contribution in [0.1, 0.15) is 12.0 Å². The molecule has 7 heteroatoms. The third-order valence-electron chi connectivity index (χ3n) is 3.77. The molecular formula is C16H24ClN3O3. The number of carbonyl (C=O) groups excluding carboxylic acids is 2. The summed E-state index contributed by atoms with van der Waals surface area (Å²) in [5, 5.41) is 2.54. The van der Waals surface area contributed by atoms with Gasteiger partial charge in [-0.2, -0.15) is 0 Å². The van der Waals surface area contributed by atoms with Gasteiger partial charge in [0.1, 0.15) is 0 Å². The number of nitrogens with two attached hydrogens (primary N) is 1. The predicted octanol–water partition coefficient (Wildman–Crippen LogP) is 0.343. The van der Waals surface area contributed by atoms with Crippen molar-refractivity contribution in [3.63, 3.8) is 0 Å². The van der Waals surface area contributed by atoms with Gasteiger partial charge in [-0.3, -0.25) is 9.59 Å². The van der Waals surface area contributed by atoms with Crippen LogP contribution in [0.15, 0.2) is 30.3 Å². The Labute approximate surface area is 142 Å². The molecule has 1 aromatic rings. The Bertz CT molecular complexity index is 493. The van der Waals surface area contributed by atoms with Gasteiger partial charge in [-0.25, -0.2) is 0 Å². The van der Waals surface area contributed by atoms with E-state index in [1.54, 1.807) is 0 Å². The normalized spacial score (nSPS) is 16.5. The van der Waals surface area contributed by atoms with E-state index in [1.807, 2.05) is 35.2 Å². The summed E-state index contributed by atoms with van der Waals surface area (Å²) >= 11 is 0. The highest BCUT2D eigenvalue weighted by Gasteiger charge is 2.27. The molecule has 23 heavy (non-hydrogen) atoms. The van der Waals surface area contributed by atoms with Crippen molar-refractivity contribution in [2.24, 2.45) is 5.73 Å². The van der Waals surface area contributed by atoms with E-state index in [-0.39, 0.29) is 43.4 Å². The molecule has 1 aromatic carbocycles. The fourth-order valence-corrected chi connectivity index (χ4v) is 2.52.